The lowest BCUT2D eigenvalue weighted by atomic mass is 9.66. The van der Waals surface area contributed by atoms with Crippen molar-refractivity contribution in [2.75, 3.05) is 31.2 Å². The van der Waals surface area contributed by atoms with Gasteiger partial charge >= 0.3 is 6.18 Å². The van der Waals surface area contributed by atoms with Crippen molar-refractivity contribution in [2.24, 2.45) is 18.4 Å². The molecule has 0 saturated carbocycles. The molecule has 1 atom stereocenters. The summed E-state index contributed by atoms with van der Waals surface area (Å²) in [6.45, 7) is 4.01. The fourth-order valence-electron chi connectivity index (χ4n) is 4.70. The Balaban J connectivity index is 1.66. The van der Waals surface area contributed by atoms with Gasteiger partial charge in [0.2, 0.25) is 5.95 Å². The summed E-state index contributed by atoms with van der Waals surface area (Å²) in [5.74, 6) is 0.0216. The zero-order valence-electron chi connectivity index (χ0n) is 16.1. The number of halogens is 3. The highest BCUT2D eigenvalue weighted by Gasteiger charge is 2.56. The normalized spacial score (nSPS) is 22.8. The Morgan fingerprint density at radius 2 is 2.00 bits per heavy atom. The number of anilines is 1. The number of hydrogen-bond acceptors (Lipinski definition) is 5. The van der Waals surface area contributed by atoms with Gasteiger partial charge in [-0.3, -0.25) is 9.25 Å². The lowest BCUT2D eigenvalue weighted by molar-refractivity contribution is -0.223. The van der Waals surface area contributed by atoms with E-state index >= 15 is 0 Å². The minimum atomic E-state index is -4.19. The maximum Gasteiger partial charge on any atom is 0.392 e. The van der Waals surface area contributed by atoms with Crippen LogP contribution in [0.1, 0.15) is 26.2 Å². The van der Waals surface area contributed by atoms with Crippen LogP contribution in [0.15, 0.2) is 12.4 Å². The molecule has 0 bridgehead atoms. The third-order valence-corrected chi connectivity index (χ3v) is 6.11. The van der Waals surface area contributed by atoms with Crippen molar-refractivity contribution in [3.05, 3.63) is 12.4 Å². The minimum absolute atomic E-state index is 0.0717. The lowest BCUT2D eigenvalue weighted by Gasteiger charge is -2.50. The summed E-state index contributed by atoms with van der Waals surface area (Å²) in [7, 11) is 1.83. The molecule has 0 aliphatic carbocycles. The van der Waals surface area contributed by atoms with Gasteiger partial charge in [0.15, 0.2) is 5.82 Å². The highest BCUT2D eigenvalue weighted by atomic mass is 19.4. The number of aryl methyl sites for hydroxylation is 1. The van der Waals surface area contributed by atoms with Crippen LogP contribution >= 0.6 is 0 Å². The first-order valence-corrected chi connectivity index (χ1v) is 9.66. The Morgan fingerprint density at radius 1 is 1.25 bits per heavy atom. The molecule has 2 aromatic heterocycles. The number of aromatic nitrogens is 5. The second-order valence-corrected chi connectivity index (χ2v) is 7.75. The summed E-state index contributed by atoms with van der Waals surface area (Å²) in [5.41, 5.74) is 0.0161. The van der Waals surface area contributed by atoms with Gasteiger partial charge < -0.3 is 9.64 Å². The van der Waals surface area contributed by atoms with Crippen molar-refractivity contribution in [1.82, 2.24) is 24.5 Å². The molecular weight excluding hydrogens is 373 g/mol. The first-order valence-electron chi connectivity index (χ1n) is 9.66. The van der Waals surface area contributed by atoms with E-state index in [9.17, 15) is 13.2 Å². The standard InChI is InChI=1S/C18H25F3N6O/c1-3-27-15(13-10-22-25(2)11-13)23-24-16(27)26-7-4-14(18(19,20)21)17(12-26)5-8-28-9-6-17/h10-11,14H,3-9,12H2,1-2H3. The number of nitrogens with zero attached hydrogens (tertiary/aromatic N) is 6. The van der Waals surface area contributed by atoms with Crippen molar-refractivity contribution >= 4 is 5.95 Å². The van der Waals surface area contributed by atoms with Crippen LogP contribution < -0.4 is 4.90 Å². The molecule has 2 aliphatic rings. The average Bonchev–Trinajstić information content (AvgIpc) is 3.26. The van der Waals surface area contributed by atoms with Crippen molar-refractivity contribution in [1.29, 1.82) is 0 Å². The van der Waals surface area contributed by atoms with Crippen LogP contribution in [0, 0.1) is 11.3 Å². The molecule has 28 heavy (non-hydrogen) atoms. The molecule has 0 radical (unpaired) electrons. The van der Waals surface area contributed by atoms with Crippen LogP contribution in [0.3, 0.4) is 0 Å². The fraction of sp³-hybridized carbons (Fsp3) is 0.722. The average molecular weight is 398 g/mol. The SMILES string of the molecule is CCn1c(-c2cnn(C)c2)nnc1N1CCC(C(F)(F)F)C2(CCOCC2)C1. The molecule has 4 heterocycles. The summed E-state index contributed by atoms with van der Waals surface area (Å²) in [6.07, 6.45) is 0.295. The van der Waals surface area contributed by atoms with E-state index in [2.05, 4.69) is 15.3 Å². The Bertz CT molecular complexity index is 824. The predicted octanol–water partition coefficient (Wildman–Crippen LogP) is 2.88. The summed E-state index contributed by atoms with van der Waals surface area (Å²) < 4.78 is 50.3. The zero-order chi connectivity index (χ0) is 19.9. The van der Waals surface area contributed by atoms with Crippen molar-refractivity contribution in [3.63, 3.8) is 0 Å². The summed E-state index contributed by atoms with van der Waals surface area (Å²) >= 11 is 0. The molecule has 2 aliphatic heterocycles. The number of hydrogen-bond donors (Lipinski definition) is 0. The molecular formula is C18H25F3N6O. The van der Waals surface area contributed by atoms with E-state index in [1.54, 1.807) is 10.9 Å². The van der Waals surface area contributed by atoms with Gasteiger partial charge in [0.25, 0.3) is 0 Å². The first-order chi connectivity index (χ1) is 13.3. The molecule has 1 unspecified atom stereocenters. The molecule has 4 rings (SSSR count). The predicted molar refractivity (Wildman–Crippen MR) is 96.8 cm³/mol. The highest BCUT2D eigenvalue weighted by molar-refractivity contribution is 5.55. The van der Waals surface area contributed by atoms with E-state index in [-0.39, 0.29) is 6.42 Å². The third kappa shape index (κ3) is 3.27. The second kappa shape index (κ2) is 7.06. The van der Waals surface area contributed by atoms with Gasteiger partial charge in [0, 0.05) is 51.5 Å². The highest BCUT2D eigenvalue weighted by Crippen LogP contribution is 2.51. The molecule has 2 fully saturated rings. The number of alkyl halides is 3. The minimum Gasteiger partial charge on any atom is -0.381 e. The topological polar surface area (TPSA) is 61.0 Å². The van der Waals surface area contributed by atoms with Crippen LogP contribution in [0.2, 0.25) is 0 Å². The van der Waals surface area contributed by atoms with E-state index < -0.39 is 17.5 Å². The number of piperidine rings is 1. The Labute approximate surface area is 161 Å². The van der Waals surface area contributed by atoms with Gasteiger partial charge in [0.05, 0.1) is 17.7 Å². The maximum absolute atomic E-state index is 13.8. The second-order valence-electron chi connectivity index (χ2n) is 7.75. The molecule has 0 aromatic carbocycles. The quantitative estimate of drug-likeness (QED) is 0.796. The van der Waals surface area contributed by atoms with E-state index in [1.165, 1.54) is 0 Å². The van der Waals surface area contributed by atoms with Gasteiger partial charge in [-0.2, -0.15) is 18.3 Å². The number of ether oxygens (including phenoxy) is 1. The fourth-order valence-corrected chi connectivity index (χ4v) is 4.70. The zero-order valence-corrected chi connectivity index (χ0v) is 16.1. The van der Waals surface area contributed by atoms with Crippen molar-refractivity contribution < 1.29 is 17.9 Å². The summed E-state index contributed by atoms with van der Waals surface area (Å²) in [4.78, 5) is 1.98. The molecule has 7 nitrogen and oxygen atoms in total. The van der Waals surface area contributed by atoms with Gasteiger partial charge in [-0.25, -0.2) is 0 Å². The largest absolute Gasteiger partial charge is 0.392 e. The van der Waals surface area contributed by atoms with Crippen molar-refractivity contribution in [2.45, 2.75) is 38.9 Å². The van der Waals surface area contributed by atoms with E-state index in [0.29, 0.717) is 57.5 Å². The summed E-state index contributed by atoms with van der Waals surface area (Å²) in [6, 6.07) is 0. The molecule has 1 spiro atoms. The van der Waals surface area contributed by atoms with Crippen LogP contribution in [-0.2, 0) is 18.3 Å². The maximum atomic E-state index is 13.8. The monoisotopic (exact) mass is 398 g/mol. The molecule has 2 saturated heterocycles. The smallest absolute Gasteiger partial charge is 0.381 e. The van der Waals surface area contributed by atoms with Crippen LogP contribution in [0.5, 0.6) is 0 Å². The van der Waals surface area contributed by atoms with Crippen LogP contribution in [0.4, 0.5) is 19.1 Å². The van der Waals surface area contributed by atoms with Gasteiger partial charge in [-0.05, 0) is 26.2 Å². The third-order valence-electron chi connectivity index (χ3n) is 6.11. The van der Waals surface area contributed by atoms with Crippen molar-refractivity contribution in [3.8, 4) is 11.4 Å². The van der Waals surface area contributed by atoms with E-state index in [4.69, 9.17) is 4.74 Å². The molecule has 154 valence electrons. The Morgan fingerprint density at radius 3 is 2.61 bits per heavy atom. The molecule has 0 N–H and O–H groups in total. The van der Waals surface area contributed by atoms with Crippen LogP contribution in [0.25, 0.3) is 11.4 Å². The Kier molecular flexibility index (Phi) is 4.84. The lowest BCUT2D eigenvalue weighted by Crippen LogP contribution is -2.56. The van der Waals surface area contributed by atoms with E-state index in [1.807, 2.05) is 29.6 Å². The molecule has 2 aromatic rings. The van der Waals surface area contributed by atoms with E-state index in [0.717, 1.165) is 5.56 Å². The van der Waals surface area contributed by atoms with Gasteiger partial charge in [0.1, 0.15) is 0 Å². The first kappa shape index (κ1) is 19.2. The summed E-state index contributed by atoms with van der Waals surface area (Å²) in [5, 5.41) is 12.8. The Hall–Kier alpha value is -2.10. The van der Waals surface area contributed by atoms with Crippen LogP contribution in [-0.4, -0.2) is 57.0 Å². The van der Waals surface area contributed by atoms with Gasteiger partial charge in [-0.15, -0.1) is 10.2 Å². The molecule has 0 amide bonds. The molecule has 10 heteroatoms. The van der Waals surface area contributed by atoms with Gasteiger partial charge in [-0.1, -0.05) is 0 Å². The number of rotatable bonds is 3.